The maximum Gasteiger partial charge on any atom is 0.251 e. The summed E-state index contributed by atoms with van der Waals surface area (Å²) in [6, 6.07) is 17.7. The van der Waals surface area contributed by atoms with Crippen LogP contribution in [0.3, 0.4) is 0 Å². The van der Waals surface area contributed by atoms with Crippen LogP contribution in [0.2, 0.25) is 0 Å². The number of carbonyl (C=O) groups excluding carboxylic acids is 2. The van der Waals surface area contributed by atoms with E-state index in [4.69, 9.17) is 0 Å². The number of allylic oxidation sites excluding steroid dienone is 1. The Morgan fingerprint density at radius 1 is 1.11 bits per heavy atom. The quantitative estimate of drug-likeness (QED) is 0.203. The van der Waals surface area contributed by atoms with Crippen molar-refractivity contribution in [3.8, 4) is 11.3 Å². The number of thiazole rings is 1. The molecule has 0 saturated heterocycles. The molecule has 0 radical (unpaired) electrons. The summed E-state index contributed by atoms with van der Waals surface area (Å²) in [5.41, 5.74) is 2.24. The van der Waals surface area contributed by atoms with Crippen LogP contribution in [-0.2, 0) is 11.3 Å². The molecule has 4 aromatic rings. The fourth-order valence-corrected chi connectivity index (χ4v) is 4.84. The molecule has 2 aromatic heterocycles. The molecule has 2 amide bonds. The monoisotopic (exact) mass is 520 g/mol. The van der Waals surface area contributed by atoms with Crippen LogP contribution in [-0.4, -0.2) is 49.0 Å². The van der Waals surface area contributed by atoms with Crippen LogP contribution in [0.25, 0.3) is 11.3 Å². The van der Waals surface area contributed by atoms with Crippen molar-refractivity contribution >= 4 is 40.0 Å². The van der Waals surface area contributed by atoms with Gasteiger partial charge in [0.05, 0.1) is 18.1 Å². The van der Waals surface area contributed by atoms with E-state index >= 15 is 0 Å². The molecular formula is C25H24N6O3S2. The molecule has 1 atom stereocenters. The van der Waals surface area contributed by atoms with Crippen molar-refractivity contribution in [2.45, 2.75) is 17.7 Å². The predicted molar refractivity (Wildman–Crippen MR) is 141 cm³/mol. The predicted octanol–water partition coefficient (Wildman–Crippen LogP) is 3.78. The number of amides is 2. The lowest BCUT2D eigenvalue weighted by Crippen LogP contribution is -2.33. The lowest BCUT2D eigenvalue weighted by Gasteiger charge is -2.17. The second-order valence-electron chi connectivity index (χ2n) is 7.56. The van der Waals surface area contributed by atoms with E-state index in [9.17, 15) is 14.7 Å². The van der Waals surface area contributed by atoms with Gasteiger partial charge in [-0.2, -0.15) is 0 Å². The number of aromatic nitrogens is 4. The van der Waals surface area contributed by atoms with Crippen molar-refractivity contribution < 1.29 is 14.7 Å². The Kier molecular flexibility index (Phi) is 8.61. The van der Waals surface area contributed by atoms with Gasteiger partial charge in [-0.05, 0) is 12.1 Å². The van der Waals surface area contributed by atoms with Gasteiger partial charge in [0.1, 0.15) is 6.04 Å². The minimum absolute atomic E-state index is 0.0791. The van der Waals surface area contributed by atoms with E-state index in [2.05, 4.69) is 32.4 Å². The molecule has 9 nitrogen and oxygen atoms in total. The minimum Gasteiger partial charge on any atom is -0.394 e. The summed E-state index contributed by atoms with van der Waals surface area (Å²) < 4.78 is 1.72. The van der Waals surface area contributed by atoms with E-state index in [1.165, 1.54) is 23.1 Å². The summed E-state index contributed by atoms with van der Waals surface area (Å²) in [6.45, 7) is 3.74. The first-order valence-corrected chi connectivity index (χ1v) is 12.9. The number of hydrogen-bond donors (Lipinski definition) is 3. The number of carbonyl (C=O) groups is 2. The van der Waals surface area contributed by atoms with Crippen molar-refractivity contribution in [1.82, 2.24) is 25.1 Å². The molecule has 0 aliphatic carbocycles. The molecule has 0 aliphatic heterocycles. The van der Waals surface area contributed by atoms with Crippen LogP contribution in [0.4, 0.5) is 5.13 Å². The summed E-state index contributed by atoms with van der Waals surface area (Å²) in [6.07, 6.45) is 1.66. The highest BCUT2D eigenvalue weighted by Crippen LogP contribution is 2.25. The lowest BCUT2D eigenvalue weighted by atomic mass is 10.2. The molecule has 4 rings (SSSR count). The highest BCUT2D eigenvalue weighted by Gasteiger charge is 2.23. The number of aliphatic hydroxyl groups is 1. The molecule has 2 heterocycles. The minimum atomic E-state index is -0.778. The Balaban J connectivity index is 1.40. The summed E-state index contributed by atoms with van der Waals surface area (Å²) in [5, 5.41) is 26.8. The van der Waals surface area contributed by atoms with Gasteiger partial charge in [-0.15, -0.1) is 28.1 Å². The normalized spacial score (nSPS) is 11.6. The zero-order valence-electron chi connectivity index (χ0n) is 19.2. The van der Waals surface area contributed by atoms with E-state index in [1.807, 2.05) is 41.8 Å². The van der Waals surface area contributed by atoms with Gasteiger partial charge in [-0.1, -0.05) is 66.4 Å². The molecule has 36 heavy (non-hydrogen) atoms. The zero-order chi connectivity index (χ0) is 25.3. The summed E-state index contributed by atoms with van der Waals surface area (Å²) in [7, 11) is 0. The first-order valence-electron chi connectivity index (χ1n) is 11.0. The van der Waals surface area contributed by atoms with Crippen LogP contribution >= 0.6 is 23.1 Å². The van der Waals surface area contributed by atoms with Crippen molar-refractivity contribution in [2.75, 3.05) is 17.7 Å². The highest BCUT2D eigenvalue weighted by atomic mass is 32.2. The SMILES string of the molecule is C=CCn1c(SCC(=O)Nc2nc(-c3ccccc3)cs2)nnc1[C@@H](CO)NC(=O)c1ccccc1. The van der Waals surface area contributed by atoms with Gasteiger partial charge in [-0.3, -0.25) is 9.59 Å². The van der Waals surface area contributed by atoms with Crippen molar-refractivity contribution in [3.05, 3.63) is 90.1 Å². The van der Waals surface area contributed by atoms with E-state index in [-0.39, 0.29) is 24.2 Å². The van der Waals surface area contributed by atoms with Gasteiger partial charge in [0, 0.05) is 23.1 Å². The molecule has 0 bridgehead atoms. The molecule has 11 heteroatoms. The van der Waals surface area contributed by atoms with Crippen LogP contribution in [0.15, 0.2) is 83.9 Å². The Bertz CT molecular complexity index is 1320. The second kappa shape index (κ2) is 12.2. The molecular weight excluding hydrogens is 496 g/mol. The number of thioether (sulfide) groups is 1. The number of aliphatic hydroxyl groups excluding tert-OH is 1. The van der Waals surface area contributed by atoms with E-state index in [0.29, 0.717) is 28.2 Å². The maximum atomic E-state index is 12.6. The van der Waals surface area contributed by atoms with Crippen molar-refractivity contribution in [3.63, 3.8) is 0 Å². The lowest BCUT2D eigenvalue weighted by molar-refractivity contribution is -0.113. The Morgan fingerprint density at radius 2 is 1.83 bits per heavy atom. The third-order valence-electron chi connectivity index (χ3n) is 5.05. The van der Waals surface area contributed by atoms with Gasteiger partial charge >= 0.3 is 0 Å². The number of hydrogen-bond acceptors (Lipinski definition) is 8. The van der Waals surface area contributed by atoms with Gasteiger partial charge in [0.2, 0.25) is 5.91 Å². The number of nitrogens with zero attached hydrogens (tertiary/aromatic N) is 4. The fourth-order valence-electron chi connectivity index (χ4n) is 3.35. The summed E-state index contributed by atoms with van der Waals surface area (Å²) in [4.78, 5) is 29.6. The van der Waals surface area contributed by atoms with Gasteiger partial charge in [0.25, 0.3) is 5.91 Å². The molecule has 0 unspecified atom stereocenters. The van der Waals surface area contributed by atoms with Crippen LogP contribution in [0.5, 0.6) is 0 Å². The molecule has 184 valence electrons. The standard InChI is InChI=1S/C25H24N6O3S2/c1-2-13-31-22(19(14-32)26-23(34)18-11-7-4-8-12-18)29-30-25(31)36-16-21(33)28-24-27-20(15-35-24)17-9-5-3-6-10-17/h2-12,15,19,32H,1,13-14,16H2,(H,26,34)(H,27,28,33)/t19-/m1/s1. The second-order valence-corrected chi connectivity index (χ2v) is 9.36. The smallest absolute Gasteiger partial charge is 0.251 e. The Hall–Kier alpha value is -3.80. The van der Waals surface area contributed by atoms with E-state index in [0.717, 1.165) is 11.3 Å². The van der Waals surface area contributed by atoms with Gasteiger partial charge in [-0.25, -0.2) is 4.98 Å². The highest BCUT2D eigenvalue weighted by molar-refractivity contribution is 7.99. The summed E-state index contributed by atoms with van der Waals surface area (Å²) >= 11 is 2.55. The van der Waals surface area contributed by atoms with Crippen LogP contribution in [0, 0.1) is 0 Å². The Labute approximate surface area is 216 Å². The number of rotatable bonds is 11. The molecule has 0 fully saturated rings. The van der Waals surface area contributed by atoms with Crippen molar-refractivity contribution in [1.29, 1.82) is 0 Å². The molecule has 2 aromatic carbocycles. The largest absolute Gasteiger partial charge is 0.394 e. The van der Waals surface area contributed by atoms with Crippen LogP contribution < -0.4 is 10.6 Å². The van der Waals surface area contributed by atoms with Crippen molar-refractivity contribution in [2.24, 2.45) is 0 Å². The first kappa shape index (κ1) is 25.3. The fraction of sp³-hybridized carbons (Fsp3) is 0.160. The molecule has 3 N–H and O–H groups in total. The number of nitrogens with one attached hydrogen (secondary N) is 2. The molecule has 0 saturated carbocycles. The maximum absolute atomic E-state index is 12.6. The first-order chi connectivity index (χ1) is 17.6. The van der Waals surface area contributed by atoms with E-state index < -0.39 is 6.04 Å². The molecule has 0 spiro atoms. The van der Waals surface area contributed by atoms with Crippen LogP contribution in [0.1, 0.15) is 22.2 Å². The average Bonchev–Trinajstić information content (AvgIpc) is 3.54. The number of benzene rings is 2. The third kappa shape index (κ3) is 6.25. The van der Waals surface area contributed by atoms with Gasteiger partial charge in [0.15, 0.2) is 16.1 Å². The third-order valence-corrected chi connectivity index (χ3v) is 6.77. The van der Waals surface area contributed by atoms with Gasteiger partial charge < -0.3 is 20.3 Å². The average molecular weight is 521 g/mol. The number of anilines is 1. The van der Waals surface area contributed by atoms with E-state index in [1.54, 1.807) is 34.9 Å². The zero-order valence-corrected chi connectivity index (χ0v) is 20.8. The topological polar surface area (TPSA) is 122 Å². The Morgan fingerprint density at radius 3 is 2.53 bits per heavy atom. The molecule has 0 aliphatic rings. The summed E-state index contributed by atoms with van der Waals surface area (Å²) in [5.74, 6) is -0.123.